The van der Waals surface area contributed by atoms with Crippen molar-refractivity contribution in [3.63, 3.8) is 0 Å². The third-order valence-corrected chi connectivity index (χ3v) is 8.13. The van der Waals surface area contributed by atoms with Crippen molar-refractivity contribution in [2.75, 3.05) is 0 Å². The summed E-state index contributed by atoms with van der Waals surface area (Å²) >= 11 is 21.0. The number of halogens is 6. The van der Waals surface area contributed by atoms with Gasteiger partial charge in [0.15, 0.2) is 5.78 Å². The van der Waals surface area contributed by atoms with Gasteiger partial charge < -0.3 is 0 Å². The van der Waals surface area contributed by atoms with Crippen molar-refractivity contribution in [1.29, 1.82) is 0 Å². The molecule has 7 heteroatoms. The maximum absolute atomic E-state index is 13.1. The van der Waals surface area contributed by atoms with Gasteiger partial charge in [0.2, 0.25) is 0 Å². The van der Waals surface area contributed by atoms with Crippen molar-refractivity contribution >= 4 is 101 Å². The van der Waals surface area contributed by atoms with Crippen LogP contribution in [-0.2, 0) is 0 Å². The van der Waals surface area contributed by atoms with Crippen LogP contribution in [0.1, 0.15) is 27.0 Å². The normalized spacial score (nSPS) is 10.9. The Bertz CT molecular complexity index is 732. The number of hydrogen-bond acceptors (Lipinski definition) is 1. The van der Waals surface area contributed by atoms with Gasteiger partial charge in [0.25, 0.3) is 0 Å². The van der Waals surface area contributed by atoms with Gasteiger partial charge in [0.05, 0.1) is 11.1 Å². The smallest absolute Gasteiger partial charge is 0.197 e. The highest BCUT2D eigenvalue weighted by Gasteiger charge is 2.24. The molecule has 0 heterocycles. The molecule has 0 unspecified atom stereocenters. The second-order valence-corrected chi connectivity index (χ2v) is 9.64. The summed E-state index contributed by atoms with van der Waals surface area (Å²) in [5, 5.41) is 0. The second kappa shape index (κ2) is 7.48. The Balaban J connectivity index is 2.75. The van der Waals surface area contributed by atoms with Gasteiger partial charge in [0, 0.05) is 26.8 Å². The van der Waals surface area contributed by atoms with Gasteiger partial charge in [-0.15, -0.1) is 0 Å². The van der Waals surface area contributed by atoms with Crippen LogP contribution in [0.3, 0.4) is 0 Å². The van der Waals surface area contributed by atoms with E-state index in [0.717, 1.165) is 38.0 Å². The van der Waals surface area contributed by atoms with Gasteiger partial charge in [0.1, 0.15) is 0 Å². The number of ketones is 1. The van der Waals surface area contributed by atoms with E-state index in [0.29, 0.717) is 11.1 Å². The molecule has 2 rings (SSSR count). The quantitative estimate of drug-likeness (QED) is 0.293. The second-order valence-electron chi connectivity index (χ2n) is 4.64. The minimum atomic E-state index is -0.0660. The van der Waals surface area contributed by atoms with Crippen LogP contribution in [0.25, 0.3) is 0 Å². The fraction of sp³-hybridized carbons (Fsp3) is 0.133. The molecule has 0 aliphatic carbocycles. The lowest BCUT2D eigenvalue weighted by Crippen LogP contribution is -2.08. The van der Waals surface area contributed by atoms with E-state index in [1.807, 2.05) is 26.0 Å². The Morgan fingerprint density at radius 3 is 1.32 bits per heavy atom. The lowest BCUT2D eigenvalue weighted by molar-refractivity contribution is 0.103. The molecule has 0 saturated carbocycles. The van der Waals surface area contributed by atoms with Gasteiger partial charge >= 0.3 is 0 Å². The number of carbonyl (C=O) groups is 1. The lowest BCUT2D eigenvalue weighted by atomic mass is 10.00. The molecule has 0 bridgehead atoms. The van der Waals surface area contributed by atoms with E-state index >= 15 is 0 Å². The zero-order valence-electron chi connectivity index (χ0n) is 11.3. The van der Waals surface area contributed by atoms with Crippen LogP contribution in [0.2, 0.25) is 0 Å². The number of rotatable bonds is 2. The zero-order chi connectivity index (χ0) is 16.8. The van der Waals surface area contributed by atoms with E-state index < -0.39 is 0 Å². The molecule has 0 N–H and O–H groups in total. The van der Waals surface area contributed by atoms with E-state index in [-0.39, 0.29) is 5.78 Å². The van der Waals surface area contributed by atoms with Crippen molar-refractivity contribution in [3.8, 4) is 0 Å². The molecule has 2 aromatic rings. The van der Waals surface area contributed by atoms with Gasteiger partial charge in [-0.05, 0) is 101 Å². The Labute approximate surface area is 179 Å². The van der Waals surface area contributed by atoms with Crippen molar-refractivity contribution in [3.05, 3.63) is 61.2 Å². The van der Waals surface area contributed by atoms with Crippen LogP contribution in [0, 0.1) is 13.8 Å². The highest BCUT2D eigenvalue weighted by molar-refractivity contribution is 9.12. The first kappa shape index (κ1) is 19.3. The fourth-order valence-corrected chi connectivity index (χ4v) is 6.88. The van der Waals surface area contributed by atoms with E-state index in [1.165, 1.54) is 0 Å². The van der Waals surface area contributed by atoms with Crippen molar-refractivity contribution in [1.82, 2.24) is 0 Å². The summed E-state index contributed by atoms with van der Waals surface area (Å²) in [6.07, 6.45) is 0. The fourth-order valence-electron chi connectivity index (χ4n) is 1.92. The molecule has 0 radical (unpaired) electrons. The zero-order valence-corrected chi connectivity index (χ0v) is 20.8. The molecule has 0 aromatic heterocycles. The predicted octanol–water partition coefficient (Wildman–Crippen LogP) is 8.11. The minimum Gasteiger partial charge on any atom is -0.288 e. The number of hydrogen-bond donors (Lipinski definition) is 0. The Morgan fingerprint density at radius 2 is 1.00 bits per heavy atom. The minimum absolute atomic E-state index is 0.0660. The molecule has 116 valence electrons. The largest absolute Gasteiger partial charge is 0.288 e. The Hall–Kier alpha value is 0.990. The third kappa shape index (κ3) is 3.49. The lowest BCUT2D eigenvalue weighted by Gasteiger charge is -2.15. The molecular weight excluding hydrogens is 676 g/mol. The van der Waals surface area contributed by atoms with Gasteiger partial charge in [-0.1, -0.05) is 31.9 Å². The molecule has 0 saturated heterocycles. The van der Waals surface area contributed by atoms with Gasteiger partial charge in [-0.2, -0.15) is 0 Å². The molecule has 0 fully saturated rings. The highest BCUT2D eigenvalue weighted by atomic mass is 79.9. The predicted molar refractivity (Wildman–Crippen MR) is 112 cm³/mol. The summed E-state index contributed by atoms with van der Waals surface area (Å²) in [6.45, 7) is 3.91. The van der Waals surface area contributed by atoms with Crippen LogP contribution in [0.5, 0.6) is 0 Å². The van der Waals surface area contributed by atoms with E-state index in [9.17, 15) is 4.79 Å². The number of benzene rings is 2. The number of carbonyl (C=O) groups excluding carboxylic acids is 1. The Morgan fingerprint density at radius 1 is 0.682 bits per heavy atom. The summed E-state index contributed by atoms with van der Waals surface area (Å²) in [5.74, 6) is -0.0660. The van der Waals surface area contributed by atoms with Crippen molar-refractivity contribution in [2.45, 2.75) is 13.8 Å². The van der Waals surface area contributed by atoms with E-state index in [2.05, 4.69) is 95.6 Å². The average Bonchev–Trinajstić information content (AvgIpc) is 2.42. The molecular formula is C15H8Br6O. The maximum atomic E-state index is 13.1. The van der Waals surface area contributed by atoms with Crippen LogP contribution < -0.4 is 0 Å². The molecule has 22 heavy (non-hydrogen) atoms. The van der Waals surface area contributed by atoms with Crippen molar-refractivity contribution < 1.29 is 4.79 Å². The molecule has 0 aliphatic heterocycles. The summed E-state index contributed by atoms with van der Waals surface area (Å²) < 4.78 is 4.90. The van der Waals surface area contributed by atoms with Crippen LogP contribution in [0.4, 0.5) is 0 Å². The van der Waals surface area contributed by atoms with Crippen LogP contribution in [0.15, 0.2) is 39.0 Å². The summed E-state index contributed by atoms with van der Waals surface area (Å²) in [5.41, 5.74) is 3.16. The highest BCUT2D eigenvalue weighted by Crippen LogP contribution is 2.40. The standard InChI is InChI=1S/C15H8Br6O/c1-5-7(16)3-9(18)11(13(5)20)15(22)12-10(19)4-8(17)6(2)14(12)21/h3-4H,1-2H3. The molecule has 0 amide bonds. The van der Waals surface area contributed by atoms with Crippen molar-refractivity contribution in [2.24, 2.45) is 0 Å². The van der Waals surface area contributed by atoms with E-state index in [1.54, 1.807) is 0 Å². The monoisotopic (exact) mass is 678 g/mol. The molecule has 0 spiro atoms. The average molecular weight is 684 g/mol. The first-order valence-corrected chi connectivity index (χ1v) is 10.8. The van der Waals surface area contributed by atoms with E-state index in [4.69, 9.17) is 0 Å². The summed E-state index contributed by atoms with van der Waals surface area (Å²) in [7, 11) is 0. The summed E-state index contributed by atoms with van der Waals surface area (Å²) in [4.78, 5) is 13.1. The topological polar surface area (TPSA) is 17.1 Å². The first-order chi connectivity index (χ1) is 10.2. The molecule has 2 aromatic carbocycles. The van der Waals surface area contributed by atoms with Gasteiger partial charge in [-0.25, -0.2) is 0 Å². The molecule has 1 nitrogen and oxygen atoms in total. The van der Waals surface area contributed by atoms with Crippen LogP contribution >= 0.6 is 95.6 Å². The molecule has 0 atom stereocenters. The SMILES string of the molecule is Cc1c(Br)cc(Br)c(C(=O)c2c(Br)cc(Br)c(C)c2Br)c1Br. The summed E-state index contributed by atoms with van der Waals surface area (Å²) in [6, 6.07) is 3.78. The third-order valence-electron chi connectivity index (χ3n) is 3.25. The van der Waals surface area contributed by atoms with Crippen LogP contribution in [-0.4, -0.2) is 5.78 Å². The first-order valence-electron chi connectivity index (χ1n) is 5.99. The Kier molecular flexibility index (Phi) is 6.57. The van der Waals surface area contributed by atoms with Gasteiger partial charge in [-0.3, -0.25) is 4.79 Å². The molecule has 0 aliphatic rings. The maximum Gasteiger partial charge on any atom is 0.197 e.